The van der Waals surface area contributed by atoms with E-state index in [1.54, 1.807) is 31.5 Å². The molecule has 106 valence electrons. The number of hydrogen-bond donors (Lipinski definition) is 0. The van der Waals surface area contributed by atoms with E-state index in [2.05, 4.69) is 9.72 Å². The number of amides is 1. The summed E-state index contributed by atoms with van der Waals surface area (Å²) in [6.07, 6.45) is -1.25. The lowest BCUT2D eigenvalue weighted by molar-refractivity contribution is -0.178. The Morgan fingerprint density at radius 1 is 1.42 bits per heavy atom. The molecule has 0 saturated carbocycles. The summed E-state index contributed by atoms with van der Waals surface area (Å²) in [5.74, 6) is -0.506. The van der Waals surface area contributed by atoms with Crippen LogP contribution in [-0.2, 0) is 9.53 Å². The van der Waals surface area contributed by atoms with Crippen LogP contribution in [0, 0.1) is 0 Å². The SMILES string of the molecule is CC(c1ccncc1)N(C)C(=O)COCC(F)(F)F. The Morgan fingerprint density at radius 3 is 2.53 bits per heavy atom. The molecule has 0 radical (unpaired) electrons. The molecule has 1 aromatic rings. The summed E-state index contributed by atoms with van der Waals surface area (Å²) in [5, 5.41) is 0. The summed E-state index contributed by atoms with van der Waals surface area (Å²) in [4.78, 5) is 16.9. The van der Waals surface area contributed by atoms with Gasteiger partial charge in [-0.15, -0.1) is 0 Å². The van der Waals surface area contributed by atoms with E-state index in [1.165, 1.54) is 11.9 Å². The third-order valence-corrected chi connectivity index (χ3v) is 2.65. The summed E-state index contributed by atoms with van der Waals surface area (Å²) in [7, 11) is 1.52. The van der Waals surface area contributed by atoms with Crippen LogP contribution >= 0.6 is 0 Å². The molecule has 0 aliphatic carbocycles. The van der Waals surface area contributed by atoms with Gasteiger partial charge in [-0.2, -0.15) is 13.2 Å². The monoisotopic (exact) mass is 276 g/mol. The Balaban J connectivity index is 2.48. The Kier molecular flexibility index (Phi) is 5.29. The third kappa shape index (κ3) is 5.25. The number of halogens is 3. The molecular formula is C12H15F3N2O2. The molecule has 4 nitrogen and oxygen atoms in total. The van der Waals surface area contributed by atoms with E-state index in [9.17, 15) is 18.0 Å². The normalized spacial score (nSPS) is 13.1. The second-order valence-corrected chi connectivity index (χ2v) is 4.07. The molecule has 0 spiro atoms. The van der Waals surface area contributed by atoms with E-state index in [-0.39, 0.29) is 6.04 Å². The summed E-state index contributed by atoms with van der Waals surface area (Å²) < 4.78 is 40.0. The minimum absolute atomic E-state index is 0.259. The van der Waals surface area contributed by atoms with Crippen LogP contribution in [0.4, 0.5) is 13.2 Å². The van der Waals surface area contributed by atoms with Crippen LogP contribution in [0.15, 0.2) is 24.5 Å². The van der Waals surface area contributed by atoms with Gasteiger partial charge in [0.15, 0.2) is 0 Å². The third-order valence-electron chi connectivity index (χ3n) is 2.65. The second kappa shape index (κ2) is 6.51. The van der Waals surface area contributed by atoms with E-state index in [1.807, 2.05) is 0 Å². The van der Waals surface area contributed by atoms with Crippen LogP contribution < -0.4 is 0 Å². The molecule has 1 atom stereocenters. The molecule has 1 aromatic heterocycles. The minimum Gasteiger partial charge on any atom is -0.362 e. The van der Waals surface area contributed by atoms with Crippen molar-refractivity contribution in [2.45, 2.75) is 19.1 Å². The van der Waals surface area contributed by atoms with Crippen LogP contribution in [0.1, 0.15) is 18.5 Å². The first-order valence-corrected chi connectivity index (χ1v) is 5.61. The van der Waals surface area contributed by atoms with Gasteiger partial charge in [-0.25, -0.2) is 0 Å². The van der Waals surface area contributed by atoms with Crippen molar-refractivity contribution in [3.8, 4) is 0 Å². The summed E-state index contributed by atoms with van der Waals surface area (Å²) in [5.41, 5.74) is 0.849. The van der Waals surface area contributed by atoms with Crippen LogP contribution in [0.5, 0.6) is 0 Å². The number of aromatic nitrogens is 1. The van der Waals surface area contributed by atoms with Crippen LogP contribution in [0.3, 0.4) is 0 Å². The number of nitrogens with zero attached hydrogens (tertiary/aromatic N) is 2. The highest BCUT2D eigenvalue weighted by Crippen LogP contribution is 2.18. The van der Waals surface area contributed by atoms with E-state index in [0.717, 1.165) is 5.56 Å². The van der Waals surface area contributed by atoms with Crippen LogP contribution in [0.25, 0.3) is 0 Å². The highest BCUT2D eigenvalue weighted by molar-refractivity contribution is 5.77. The van der Waals surface area contributed by atoms with Crippen molar-refractivity contribution in [3.05, 3.63) is 30.1 Å². The fraction of sp³-hybridized carbons (Fsp3) is 0.500. The summed E-state index contributed by atoms with van der Waals surface area (Å²) >= 11 is 0. The molecule has 0 saturated heterocycles. The maximum atomic E-state index is 11.9. The van der Waals surface area contributed by atoms with E-state index in [4.69, 9.17) is 0 Å². The predicted octanol–water partition coefficient (Wildman–Crippen LogP) is 2.18. The van der Waals surface area contributed by atoms with Crippen LogP contribution in [0.2, 0.25) is 0 Å². The van der Waals surface area contributed by atoms with Gasteiger partial charge >= 0.3 is 6.18 Å². The second-order valence-electron chi connectivity index (χ2n) is 4.07. The molecule has 19 heavy (non-hydrogen) atoms. The Labute approximate surface area is 109 Å². The van der Waals surface area contributed by atoms with E-state index >= 15 is 0 Å². The average molecular weight is 276 g/mol. The highest BCUT2D eigenvalue weighted by atomic mass is 19.4. The van der Waals surface area contributed by atoms with Crippen molar-refractivity contribution in [2.75, 3.05) is 20.3 Å². The quantitative estimate of drug-likeness (QED) is 0.827. The fourth-order valence-electron chi connectivity index (χ4n) is 1.44. The molecule has 0 N–H and O–H groups in total. The highest BCUT2D eigenvalue weighted by Gasteiger charge is 2.28. The summed E-state index contributed by atoms with van der Waals surface area (Å²) in [6.45, 7) is -0.237. The molecule has 1 rings (SSSR count). The summed E-state index contributed by atoms with van der Waals surface area (Å²) in [6, 6.07) is 3.22. The smallest absolute Gasteiger partial charge is 0.362 e. The lowest BCUT2D eigenvalue weighted by Crippen LogP contribution is -2.33. The number of rotatable bonds is 5. The number of alkyl halides is 3. The molecule has 0 aromatic carbocycles. The number of ether oxygens (including phenoxy) is 1. The van der Waals surface area contributed by atoms with Gasteiger partial charge in [-0.3, -0.25) is 9.78 Å². The number of likely N-dealkylation sites (N-methyl/N-ethyl adjacent to an activating group) is 1. The zero-order chi connectivity index (χ0) is 14.5. The molecule has 1 unspecified atom stereocenters. The number of carbonyl (C=O) groups is 1. The Bertz CT molecular complexity index is 409. The lowest BCUT2D eigenvalue weighted by atomic mass is 10.1. The van der Waals surface area contributed by atoms with E-state index in [0.29, 0.717) is 0 Å². The lowest BCUT2D eigenvalue weighted by Gasteiger charge is -2.25. The van der Waals surface area contributed by atoms with E-state index < -0.39 is 25.3 Å². The first-order chi connectivity index (χ1) is 8.81. The van der Waals surface area contributed by atoms with Gasteiger partial charge < -0.3 is 9.64 Å². The molecule has 0 fully saturated rings. The Morgan fingerprint density at radius 2 is 2.00 bits per heavy atom. The standard InChI is InChI=1S/C12H15F3N2O2/c1-9(10-3-5-16-6-4-10)17(2)11(18)7-19-8-12(13,14)15/h3-6,9H,7-8H2,1-2H3. The van der Waals surface area contributed by atoms with Crippen LogP contribution in [-0.4, -0.2) is 42.2 Å². The maximum absolute atomic E-state index is 11.9. The Hall–Kier alpha value is -1.63. The molecule has 7 heteroatoms. The topological polar surface area (TPSA) is 42.4 Å². The van der Waals surface area contributed by atoms with Gasteiger partial charge in [0.05, 0.1) is 6.04 Å². The van der Waals surface area contributed by atoms with Crippen molar-refractivity contribution in [1.82, 2.24) is 9.88 Å². The molecule has 0 bridgehead atoms. The largest absolute Gasteiger partial charge is 0.411 e. The van der Waals surface area contributed by atoms with Crippen molar-refractivity contribution in [1.29, 1.82) is 0 Å². The van der Waals surface area contributed by atoms with Crippen molar-refractivity contribution < 1.29 is 22.7 Å². The van der Waals surface area contributed by atoms with Gasteiger partial charge in [-0.1, -0.05) is 0 Å². The van der Waals surface area contributed by atoms with Crippen molar-refractivity contribution in [3.63, 3.8) is 0 Å². The molecule has 1 heterocycles. The number of carbonyl (C=O) groups excluding carboxylic acids is 1. The van der Waals surface area contributed by atoms with Gasteiger partial charge in [0.1, 0.15) is 13.2 Å². The number of hydrogen-bond acceptors (Lipinski definition) is 3. The predicted molar refractivity (Wildman–Crippen MR) is 62.3 cm³/mol. The molecular weight excluding hydrogens is 261 g/mol. The zero-order valence-corrected chi connectivity index (χ0v) is 10.6. The molecule has 0 aliphatic rings. The van der Waals surface area contributed by atoms with Crippen molar-refractivity contribution >= 4 is 5.91 Å². The fourth-order valence-corrected chi connectivity index (χ4v) is 1.44. The van der Waals surface area contributed by atoms with Crippen molar-refractivity contribution in [2.24, 2.45) is 0 Å². The first kappa shape index (κ1) is 15.4. The number of pyridine rings is 1. The van der Waals surface area contributed by atoms with Gasteiger partial charge in [-0.05, 0) is 24.6 Å². The van der Waals surface area contributed by atoms with Gasteiger partial charge in [0.25, 0.3) is 0 Å². The minimum atomic E-state index is -4.42. The average Bonchev–Trinajstić information content (AvgIpc) is 2.36. The zero-order valence-electron chi connectivity index (χ0n) is 10.6. The molecule has 0 aliphatic heterocycles. The first-order valence-electron chi connectivity index (χ1n) is 5.61. The molecule has 1 amide bonds. The van der Waals surface area contributed by atoms with Gasteiger partial charge in [0, 0.05) is 19.4 Å². The maximum Gasteiger partial charge on any atom is 0.411 e. The van der Waals surface area contributed by atoms with Gasteiger partial charge in [0.2, 0.25) is 5.91 Å².